The van der Waals surface area contributed by atoms with E-state index < -0.39 is 5.92 Å². The smallest absolute Gasteiger partial charge is 0.287 e. The molecule has 0 atom stereocenters. The molecule has 6 heteroatoms. The van der Waals surface area contributed by atoms with Crippen LogP contribution in [0, 0.1) is 0 Å². The number of phenols is 1. The van der Waals surface area contributed by atoms with Gasteiger partial charge in [0.05, 0.1) is 5.76 Å². The molecular formula is C28H26F2N2O2. The van der Waals surface area contributed by atoms with Crippen molar-refractivity contribution in [3.63, 3.8) is 0 Å². The van der Waals surface area contributed by atoms with Gasteiger partial charge in [-0.1, -0.05) is 49.6 Å². The van der Waals surface area contributed by atoms with Crippen LogP contribution < -0.4 is 0 Å². The molecule has 4 rings (SSSR count). The first-order valence-corrected chi connectivity index (χ1v) is 10.9. The molecule has 2 aromatic carbocycles. The molecule has 0 aliphatic heterocycles. The molecule has 0 bridgehead atoms. The van der Waals surface area contributed by atoms with E-state index in [-0.39, 0.29) is 17.2 Å². The van der Waals surface area contributed by atoms with Crippen LogP contribution >= 0.6 is 0 Å². The lowest BCUT2D eigenvalue weighted by molar-refractivity contribution is 0.0130. The quantitative estimate of drug-likeness (QED) is 0.279. The standard InChI is InChI=1S/C28H26F2N2O2/c1-18(33)7-8-20-5-4-6-21(15-20)16-32-17-25(19(2)22-9-11-23(34)12-10-22)24-13-14-26(28(3,29)30)31-27(24)32/h4-6,9-15,17,33-34H,1-2,7-8,16H2,3H3. The maximum Gasteiger partial charge on any atom is 0.287 e. The van der Waals surface area contributed by atoms with Gasteiger partial charge in [-0.15, -0.1) is 0 Å². The summed E-state index contributed by atoms with van der Waals surface area (Å²) in [5.41, 5.74) is 4.48. The van der Waals surface area contributed by atoms with Gasteiger partial charge < -0.3 is 14.8 Å². The molecule has 0 saturated carbocycles. The Bertz CT molecular complexity index is 1370. The third-order valence-electron chi connectivity index (χ3n) is 5.76. The number of aromatic hydroxyl groups is 1. The Kier molecular flexibility index (Phi) is 6.24. The fourth-order valence-electron chi connectivity index (χ4n) is 3.96. The van der Waals surface area contributed by atoms with Gasteiger partial charge >= 0.3 is 0 Å². The summed E-state index contributed by atoms with van der Waals surface area (Å²) in [7, 11) is 0. The number of phenolic OH excluding ortho intramolecular Hbond substituents is 1. The third kappa shape index (κ3) is 5.01. The van der Waals surface area contributed by atoms with Gasteiger partial charge in [-0.05, 0) is 52.9 Å². The number of aromatic nitrogens is 2. The number of allylic oxidation sites excluding steroid dienone is 1. The number of hydrogen-bond donors (Lipinski definition) is 2. The number of aryl methyl sites for hydroxylation is 1. The monoisotopic (exact) mass is 460 g/mol. The molecule has 34 heavy (non-hydrogen) atoms. The molecule has 0 spiro atoms. The summed E-state index contributed by atoms with van der Waals surface area (Å²) in [6.45, 7) is 9.02. The van der Waals surface area contributed by atoms with Crippen LogP contribution in [0.1, 0.15) is 41.3 Å². The molecule has 0 radical (unpaired) electrons. The van der Waals surface area contributed by atoms with E-state index in [1.54, 1.807) is 30.3 Å². The summed E-state index contributed by atoms with van der Waals surface area (Å²) in [5, 5.41) is 19.7. The summed E-state index contributed by atoms with van der Waals surface area (Å²) in [5.74, 6) is -2.78. The van der Waals surface area contributed by atoms with E-state index in [1.165, 1.54) is 6.07 Å². The van der Waals surface area contributed by atoms with Crippen LogP contribution in [0.25, 0.3) is 16.6 Å². The molecule has 2 heterocycles. The van der Waals surface area contributed by atoms with E-state index in [4.69, 9.17) is 0 Å². The molecule has 174 valence electrons. The zero-order chi connectivity index (χ0) is 24.5. The molecule has 4 aromatic rings. The second-order valence-corrected chi connectivity index (χ2v) is 8.54. The van der Waals surface area contributed by atoms with E-state index in [2.05, 4.69) is 18.1 Å². The van der Waals surface area contributed by atoms with Gasteiger partial charge in [0, 0.05) is 37.0 Å². The second-order valence-electron chi connectivity index (χ2n) is 8.54. The zero-order valence-corrected chi connectivity index (χ0v) is 18.9. The maximum atomic E-state index is 14.1. The second kappa shape index (κ2) is 9.14. The largest absolute Gasteiger partial charge is 0.513 e. The predicted molar refractivity (Wildman–Crippen MR) is 131 cm³/mol. The fraction of sp³-hybridized carbons (Fsp3) is 0.179. The topological polar surface area (TPSA) is 58.3 Å². The van der Waals surface area contributed by atoms with Crippen molar-refractivity contribution in [2.24, 2.45) is 0 Å². The average molecular weight is 461 g/mol. The highest BCUT2D eigenvalue weighted by atomic mass is 19.3. The van der Waals surface area contributed by atoms with E-state index in [0.29, 0.717) is 30.6 Å². The van der Waals surface area contributed by atoms with Crippen molar-refractivity contribution in [1.29, 1.82) is 0 Å². The molecule has 0 saturated heterocycles. The number of pyridine rings is 1. The van der Waals surface area contributed by atoms with Crippen LogP contribution in [0.5, 0.6) is 5.75 Å². The lowest BCUT2D eigenvalue weighted by atomic mass is 9.99. The summed E-state index contributed by atoms with van der Waals surface area (Å²) in [6.07, 6.45) is 3.01. The number of aliphatic hydroxyl groups excluding tert-OH is 1. The number of aliphatic hydroxyl groups is 1. The van der Waals surface area contributed by atoms with E-state index in [9.17, 15) is 19.0 Å². The van der Waals surface area contributed by atoms with Crippen molar-refractivity contribution in [2.75, 3.05) is 0 Å². The van der Waals surface area contributed by atoms with Gasteiger partial charge in [0.1, 0.15) is 17.1 Å². The van der Waals surface area contributed by atoms with Crippen LogP contribution in [-0.4, -0.2) is 19.8 Å². The third-order valence-corrected chi connectivity index (χ3v) is 5.76. The van der Waals surface area contributed by atoms with E-state index in [1.807, 2.05) is 35.0 Å². The molecular weight excluding hydrogens is 434 g/mol. The van der Waals surface area contributed by atoms with Gasteiger partial charge in [0.2, 0.25) is 0 Å². The van der Waals surface area contributed by atoms with E-state index in [0.717, 1.165) is 34.6 Å². The zero-order valence-electron chi connectivity index (χ0n) is 18.9. The number of rotatable bonds is 8. The molecule has 0 aliphatic rings. The Labute approximate surface area is 197 Å². The van der Waals surface area contributed by atoms with Crippen molar-refractivity contribution in [3.05, 3.63) is 114 Å². The van der Waals surface area contributed by atoms with Crippen LogP contribution in [0.15, 0.2) is 85.8 Å². The highest BCUT2D eigenvalue weighted by molar-refractivity contribution is 5.95. The van der Waals surface area contributed by atoms with E-state index >= 15 is 0 Å². The molecule has 0 unspecified atom stereocenters. The van der Waals surface area contributed by atoms with Gasteiger partial charge in [-0.3, -0.25) is 0 Å². The lowest BCUT2D eigenvalue weighted by Crippen LogP contribution is -2.10. The van der Waals surface area contributed by atoms with Crippen molar-refractivity contribution < 1.29 is 19.0 Å². The highest BCUT2D eigenvalue weighted by Crippen LogP contribution is 2.33. The summed E-state index contributed by atoms with van der Waals surface area (Å²) in [6, 6.07) is 17.6. The minimum atomic E-state index is -3.07. The van der Waals surface area contributed by atoms with Gasteiger partial charge in [-0.25, -0.2) is 4.98 Å². The minimum absolute atomic E-state index is 0.136. The summed E-state index contributed by atoms with van der Waals surface area (Å²) < 4.78 is 30.0. The molecule has 0 amide bonds. The lowest BCUT2D eigenvalue weighted by Gasteiger charge is -2.11. The summed E-state index contributed by atoms with van der Waals surface area (Å²) in [4.78, 5) is 4.32. The van der Waals surface area contributed by atoms with Crippen LogP contribution in [0.4, 0.5) is 8.78 Å². The first-order valence-electron chi connectivity index (χ1n) is 10.9. The van der Waals surface area contributed by atoms with Gasteiger partial charge in [-0.2, -0.15) is 8.78 Å². The number of alkyl halides is 2. The minimum Gasteiger partial charge on any atom is -0.513 e. The number of halogens is 2. The first-order chi connectivity index (χ1) is 16.1. The van der Waals surface area contributed by atoms with Crippen molar-refractivity contribution >= 4 is 16.6 Å². The predicted octanol–water partition coefficient (Wildman–Crippen LogP) is 6.97. The first kappa shape index (κ1) is 23.2. The van der Waals surface area contributed by atoms with Crippen LogP contribution in [-0.2, 0) is 18.9 Å². The number of fused-ring (bicyclic) bond motifs is 1. The van der Waals surface area contributed by atoms with Gasteiger partial charge in [0.25, 0.3) is 5.92 Å². The van der Waals surface area contributed by atoms with Crippen LogP contribution in [0.3, 0.4) is 0 Å². The number of benzene rings is 2. The SMILES string of the molecule is C=C(O)CCc1cccc(Cn2cc(C(=C)c3ccc(O)cc3)c3ccc(C(C)(F)F)nc32)c1. The van der Waals surface area contributed by atoms with Gasteiger partial charge in [0.15, 0.2) is 0 Å². The fourth-order valence-corrected chi connectivity index (χ4v) is 3.96. The van der Waals surface area contributed by atoms with Crippen molar-refractivity contribution in [3.8, 4) is 5.75 Å². The van der Waals surface area contributed by atoms with Crippen molar-refractivity contribution in [2.45, 2.75) is 32.2 Å². The maximum absolute atomic E-state index is 14.1. The normalized spacial score (nSPS) is 11.6. The highest BCUT2D eigenvalue weighted by Gasteiger charge is 2.27. The molecule has 4 nitrogen and oxygen atoms in total. The Morgan fingerprint density at radius 3 is 2.41 bits per heavy atom. The van der Waals surface area contributed by atoms with Crippen LogP contribution in [0.2, 0.25) is 0 Å². The molecule has 2 N–H and O–H groups in total. The molecule has 0 aliphatic carbocycles. The molecule has 0 fully saturated rings. The Morgan fingerprint density at radius 2 is 1.74 bits per heavy atom. The Balaban J connectivity index is 1.77. The Morgan fingerprint density at radius 1 is 1.03 bits per heavy atom. The summed E-state index contributed by atoms with van der Waals surface area (Å²) >= 11 is 0. The Hall–Kier alpha value is -3.93. The van der Waals surface area contributed by atoms with Crippen molar-refractivity contribution in [1.82, 2.24) is 9.55 Å². The molecule has 2 aromatic heterocycles. The number of nitrogens with zero attached hydrogens (tertiary/aromatic N) is 2. The average Bonchev–Trinajstić information content (AvgIpc) is 3.15. The number of hydrogen-bond acceptors (Lipinski definition) is 3.